The quantitative estimate of drug-likeness (QED) is 0.903. The number of hydrogen-bond acceptors (Lipinski definition) is 5. The summed E-state index contributed by atoms with van der Waals surface area (Å²) in [6.07, 6.45) is 2.61. The van der Waals surface area contributed by atoms with Gasteiger partial charge in [-0.2, -0.15) is 4.98 Å². The van der Waals surface area contributed by atoms with Gasteiger partial charge in [0.25, 0.3) is 0 Å². The minimum absolute atomic E-state index is 0.386. The number of piperidine rings is 3. The first kappa shape index (κ1) is 16.1. The van der Waals surface area contributed by atoms with Crippen LogP contribution in [0.1, 0.15) is 35.6 Å². The number of nitrogen functional groups attached to an aromatic ring is 1. The molecule has 136 valence electrons. The van der Waals surface area contributed by atoms with Crippen molar-refractivity contribution >= 4 is 11.8 Å². The Morgan fingerprint density at radius 1 is 1.00 bits per heavy atom. The van der Waals surface area contributed by atoms with E-state index in [0.717, 1.165) is 24.0 Å². The van der Waals surface area contributed by atoms with Crippen LogP contribution in [0.15, 0.2) is 30.3 Å². The molecule has 4 aliphatic heterocycles. The van der Waals surface area contributed by atoms with Gasteiger partial charge in [-0.15, -0.1) is 0 Å². The summed E-state index contributed by atoms with van der Waals surface area (Å²) in [5, 5.41) is 0. The second kappa shape index (κ2) is 5.95. The number of rotatable bonds is 2. The minimum Gasteiger partial charge on any atom is -0.368 e. The van der Waals surface area contributed by atoms with Crippen LogP contribution in [-0.4, -0.2) is 46.6 Å². The van der Waals surface area contributed by atoms with Crippen molar-refractivity contribution in [2.75, 3.05) is 30.3 Å². The fraction of sp³-hybridized carbons (Fsp3) is 0.524. The van der Waals surface area contributed by atoms with Gasteiger partial charge in [0.2, 0.25) is 5.95 Å². The number of aryl methyl sites for hydroxylation is 2. The number of fused-ring (bicyclic) bond motifs is 2. The van der Waals surface area contributed by atoms with E-state index in [1.807, 2.05) is 6.92 Å². The van der Waals surface area contributed by atoms with Gasteiger partial charge in [-0.3, -0.25) is 4.90 Å². The van der Waals surface area contributed by atoms with E-state index in [4.69, 9.17) is 5.73 Å². The third kappa shape index (κ3) is 2.49. The molecular formula is C21H27N5. The Morgan fingerprint density at radius 3 is 2.42 bits per heavy atom. The van der Waals surface area contributed by atoms with Crippen LogP contribution in [0, 0.1) is 19.8 Å². The molecule has 2 N–H and O–H groups in total. The first-order valence-electron chi connectivity index (χ1n) is 9.78. The van der Waals surface area contributed by atoms with Crippen LogP contribution in [0.5, 0.6) is 0 Å². The molecule has 2 aromatic rings. The van der Waals surface area contributed by atoms with Gasteiger partial charge in [0.05, 0.1) is 0 Å². The Hall–Kier alpha value is -2.14. The number of nitrogens with two attached hydrogens (primary N) is 1. The van der Waals surface area contributed by atoms with Gasteiger partial charge in [0, 0.05) is 36.3 Å². The second-order valence-corrected chi connectivity index (χ2v) is 8.25. The van der Waals surface area contributed by atoms with Crippen LogP contribution in [0.25, 0.3) is 0 Å². The summed E-state index contributed by atoms with van der Waals surface area (Å²) >= 11 is 0. The third-order valence-electron chi connectivity index (χ3n) is 6.65. The first-order chi connectivity index (χ1) is 12.6. The molecule has 0 radical (unpaired) electrons. The Balaban J connectivity index is 1.57. The van der Waals surface area contributed by atoms with E-state index in [1.54, 1.807) is 0 Å². The molecular weight excluding hydrogens is 322 g/mol. The highest BCUT2D eigenvalue weighted by atomic mass is 15.3. The SMILES string of the molecule is Cc1ccc([C@H]2CN(c3cc(C)nc(N)n3)[C@@H]3C4CCN(CC4)[C@H]23)cc1. The zero-order chi connectivity index (χ0) is 17.8. The van der Waals surface area contributed by atoms with Crippen molar-refractivity contribution in [3.8, 4) is 0 Å². The summed E-state index contributed by atoms with van der Waals surface area (Å²) in [6.45, 7) is 7.66. The number of nitrogens with zero attached hydrogens (tertiary/aromatic N) is 4. The van der Waals surface area contributed by atoms with E-state index in [9.17, 15) is 0 Å². The maximum absolute atomic E-state index is 5.97. The van der Waals surface area contributed by atoms with Crippen molar-refractivity contribution in [2.45, 2.75) is 44.7 Å². The predicted octanol–water partition coefficient (Wildman–Crippen LogP) is 2.74. The van der Waals surface area contributed by atoms with Gasteiger partial charge in [0.1, 0.15) is 5.82 Å². The molecule has 2 bridgehead atoms. The molecule has 1 aromatic carbocycles. The summed E-state index contributed by atoms with van der Waals surface area (Å²) in [6, 6.07) is 12.4. The fourth-order valence-electron chi connectivity index (χ4n) is 5.51. The molecule has 1 aromatic heterocycles. The van der Waals surface area contributed by atoms with E-state index in [1.165, 1.54) is 37.1 Å². The van der Waals surface area contributed by atoms with Gasteiger partial charge in [-0.25, -0.2) is 4.98 Å². The summed E-state index contributed by atoms with van der Waals surface area (Å²) in [5.41, 5.74) is 9.70. The normalized spacial score (nSPS) is 32.7. The molecule has 0 spiro atoms. The average molecular weight is 349 g/mol. The van der Waals surface area contributed by atoms with Crippen LogP contribution in [0.2, 0.25) is 0 Å². The average Bonchev–Trinajstić information content (AvgIpc) is 3.05. The zero-order valence-corrected chi connectivity index (χ0v) is 15.6. The fourth-order valence-corrected chi connectivity index (χ4v) is 5.51. The first-order valence-corrected chi connectivity index (χ1v) is 9.78. The summed E-state index contributed by atoms with van der Waals surface area (Å²) < 4.78 is 0. The highest BCUT2D eigenvalue weighted by Gasteiger charge is 2.53. The lowest BCUT2D eigenvalue weighted by Gasteiger charge is -2.51. The number of benzene rings is 1. The molecule has 5 heterocycles. The molecule has 0 unspecified atom stereocenters. The molecule has 3 atom stereocenters. The Kier molecular flexibility index (Phi) is 3.67. The molecule has 5 nitrogen and oxygen atoms in total. The molecule has 4 saturated heterocycles. The van der Waals surface area contributed by atoms with E-state index in [0.29, 0.717) is 23.9 Å². The molecule has 0 amide bonds. The Morgan fingerprint density at radius 2 is 1.73 bits per heavy atom. The van der Waals surface area contributed by atoms with Gasteiger partial charge in [0.15, 0.2) is 0 Å². The lowest BCUT2D eigenvalue weighted by atomic mass is 9.75. The lowest BCUT2D eigenvalue weighted by molar-refractivity contribution is 0.0354. The molecule has 26 heavy (non-hydrogen) atoms. The lowest BCUT2D eigenvalue weighted by Crippen LogP contribution is -2.60. The Labute approximate surface area is 155 Å². The van der Waals surface area contributed by atoms with Crippen molar-refractivity contribution in [3.05, 3.63) is 47.2 Å². The van der Waals surface area contributed by atoms with Crippen molar-refractivity contribution in [2.24, 2.45) is 5.92 Å². The van der Waals surface area contributed by atoms with Crippen LogP contribution >= 0.6 is 0 Å². The second-order valence-electron chi connectivity index (χ2n) is 8.25. The smallest absolute Gasteiger partial charge is 0.222 e. The number of aromatic nitrogens is 2. The summed E-state index contributed by atoms with van der Waals surface area (Å²) in [7, 11) is 0. The highest BCUT2D eigenvalue weighted by molar-refractivity contribution is 5.49. The van der Waals surface area contributed by atoms with Crippen molar-refractivity contribution in [1.82, 2.24) is 14.9 Å². The number of hydrogen-bond donors (Lipinski definition) is 1. The molecule has 6 rings (SSSR count). The van der Waals surface area contributed by atoms with Gasteiger partial charge in [-0.1, -0.05) is 29.8 Å². The van der Waals surface area contributed by atoms with E-state index in [-0.39, 0.29) is 0 Å². The topological polar surface area (TPSA) is 58.3 Å². The van der Waals surface area contributed by atoms with Crippen molar-refractivity contribution in [1.29, 1.82) is 0 Å². The molecule has 4 aliphatic rings. The number of anilines is 2. The predicted molar refractivity (Wildman–Crippen MR) is 104 cm³/mol. The van der Waals surface area contributed by atoms with Crippen LogP contribution in [-0.2, 0) is 0 Å². The van der Waals surface area contributed by atoms with Gasteiger partial charge >= 0.3 is 0 Å². The zero-order valence-electron chi connectivity index (χ0n) is 15.6. The molecule has 4 fully saturated rings. The van der Waals surface area contributed by atoms with E-state index in [2.05, 4.69) is 57.0 Å². The summed E-state index contributed by atoms with van der Waals surface area (Å²) in [4.78, 5) is 14.1. The maximum atomic E-state index is 5.97. The van der Waals surface area contributed by atoms with E-state index >= 15 is 0 Å². The van der Waals surface area contributed by atoms with Crippen molar-refractivity contribution in [3.63, 3.8) is 0 Å². The highest BCUT2D eigenvalue weighted by Crippen LogP contribution is 2.47. The van der Waals surface area contributed by atoms with Gasteiger partial charge < -0.3 is 10.6 Å². The third-order valence-corrected chi connectivity index (χ3v) is 6.65. The molecule has 0 aliphatic carbocycles. The van der Waals surface area contributed by atoms with Crippen molar-refractivity contribution < 1.29 is 0 Å². The molecule has 5 heteroatoms. The van der Waals surface area contributed by atoms with Crippen LogP contribution < -0.4 is 10.6 Å². The van der Waals surface area contributed by atoms with Crippen LogP contribution in [0.4, 0.5) is 11.8 Å². The van der Waals surface area contributed by atoms with Gasteiger partial charge in [-0.05, 0) is 51.3 Å². The standard InChI is InChI=1S/C21H27N5/c1-13-3-5-15(6-4-13)17-12-26(18-11-14(2)23-21(22)24-18)19-16-7-9-25(10-8-16)20(17)19/h3-6,11,16-17,19-20H,7-10,12H2,1-2H3,(H2,22,23,24)/t17-,19-,20-/m1/s1. The monoisotopic (exact) mass is 349 g/mol. The Bertz CT molecular complexity index is 789. The maximum Gasteiger partial charge on any atom is 0.222 e. The summed E-state index contributed by atoms with van der Waals surface area (Å²) in [5.74, 6) is 2.68. The minimum atomic E-state index is 0.386. The molecule has 0 saturated carbocycles. The largest absolute Gasteiger partial charge is 0.368 e. The van der Waals surface area contributed by atoms with Crippen LogP contribution in [0.3, 0.4) is 0 Å². The van der Waals surface area contributed by atoms with E-state index < -0.39 is 0 Å².